The Morgan fingerprint density at radius 1 is 1.21 bits per heavy atom. The van der Waals surface area contributed by atoms with Gasteiger partial charge in [-0.25, -0.2) is 9.59 Å². The Labute approximate surface area is 148 Å². The van der Waals surface area contributed by atoms with E-state index >= 15 is 0 Å². The van der Waals surface area contributed by atoms with E-state index in [2.05, 4.69) is 5.32 Å². The largest absolute Gasteiger partial charge is 0.480 e. The first-order valence-corrected chi connectivity index (χ1v) is 10.0. The van der Waals surface area contributed by atoms with Crippen LogP contribution >= 0.6 is 21.6 Å². The lowest BCUT2D eigenvalue weighted by atomic mass is 10.1. The smallest absolute Gasteiger partial charge is 0.327 e. The molecule has 1 fully saturated rings. The molecule has 0 saturated carbocycles. The van der Waals surface area contributed by atoms with Crippen LogP contribution in [0.1, 0.15) is 26.7 Å². The van der Waals surface area contributed by atoms with Gasteiger partial charge in [-0.1, -0.05) is 28.5 Å². The summed E-state index contributed by atoms with van der Waals surface area (Å²) in [6.45, 7) is 3.45. The van der Waals surface area contributed by atoms with Crippen LogP contribution < -0.4 is 5.32 Å². The summed E-state index contributed by atoms with van der Waals surface area (Å²) in [5.41, 5.74) is 0. The highest BCUT2D eigenvalue weighted by atomic mass is 33.1. The van der Waals surface area contributed by atoms with Gasteiger partial charge in [0.2, 0.25) is 11.8 Å². The summed E-state index contributed by atoms with van der Waals surface area (Å²) in [5.74, 6) is -2.42. The van der Waals surface area contributed by atoms with E-state index in [-0.39, 0.29) is 17.6 Å². The zero-order valence-electron chi connectivity index (χ0n) is 13.6. The lowest BCUT2D eigenvalue weighted by Gasteiger charge is -2.24. The number of nitrogens with zero attached hydrogens (tertiary/aromatic N) is 1. The number of hydrogen-bond donors (Lipinski definition) is 3. The van der Waals surface area contributed by atoms with Crippen molar-refractivity contribution in [3.05, 3.63) is 0 Å². The van der Waals surface area contributed by atoms with Gasteiger partial charge in [0.25, 0.3) is 0 Å². The third kappa shape index (κ3) is 6.23. The monoisotopic (exact) mass is 378 g/mol. The molecule has 0 spiro atoms. The van der Waals surface area contributed by atoms with Gasteiger partial charge in [-0.05, 0) is 12.8 Å². The van der Waals surface area contributed by atoms with E-state index in [0.29, 0.717) is 25.1 Å². The van der Waals surface area contributed by atoms with Gasteiger partial charge in [-0.2, -0.15) is 0 Å². The second kappa shape index (κ2) is 9.77. The molecule has 24 heavy (non-hydrogen) atoms. The van der Waals surface area contributed by atoms with Crippen molar-refractivity contribution in [1.82, 2.24) is 10.2 Å². The minimum Gasteiger partial charge on any atom is -0.480 e. The Bertz CT molecular complexity index is 502. The number of aliphatic carboxylic acids is 2. The van der Waals surface area contributed by atoms with Gasteiger partial charge in [0.15, 0.2) is 0 Å². The van der Waals surface area contributed by atoms with Crippen molar-refractivity contribution in [2.45, 2.75) is 38.8 Å². The number of amides is 2. The molecule has 0 bridgehead atoms. The van der Waals surface area contributed by atoms with Crippen molar-refractivity contribution in [2.24, 2.45) is 5.92 Å². The predicted molar refractivity (Wildman–Crippen MR) is 91.7 cm³/mol. The maximum atomic E-state index is 12.3. The molecule has 3 atom stereocenters. The molecule has 1 saturated heterocycles. The number of carbonyl (C=O) groups excluding carboxylic acids is 2. The number of likely N-dealkylation sites (tertiary alicyclic amines) is 1. The fourth-order valence-corrected chi connectivity index (χ4v) is 4.83. The Hall–Kier alpha value is -1.42. The number of carbonyl (C=O) groups is 4. The van der Waals surface area contributed by atoms with Crippen molar-refractivity contribution >= 4 is 45.3 Å². The third-order valence-corrected chi connectivity index (χ3v) is 6.14. The molecule has 0 aliphatic carbocycles. The Balaban J connectivity index is 2.38. The summed E-state index contributed by atoms with van der Waals surface area (Å²) in [4.78, 5) is 46.8. The van der Waals surface area contributed by atoms with Crippen molar-refractivity contribution in [1.29, 1.82) is 0 Å². The first kappa shape index (κ1) is 20.6. The molecule has 0 aromatic heterocycles. The standard InChI is InChI=1S/C14H22N2O6S2/c1-8(12(18)16-5-3-4-11(16)14(21)22)6-23-24-7-10(13(19)20)15-9(2)17/h8,10-11H,3-7H2,1-2H3,(H,15,17)(H,19,20)(H,21,22)/t8-,10+,11+/m1/s1. The van der Waals surface area contributed by atoms with Crippen LogP contribution in [0.2, 0.25) is 0 Å². The van der Waals surface area contributed by atoms with Gasteiger partial charge in [-0.3, -0.25) is 9.59 Å². The summed E-state index contributed by atoms with van der Waals surface area (Å²) >= 11 is 0. The number of rotatable bonds is 9. The zero-order chi connectivity index (χ0) is 18.3. The summed E-state index contributed by atoms with van der Waals surface area (Å²) < 4.78 is 0. The number of nitrogens with one attached hydrogen (secondary N) is 1. The number of hydrogen-bond acceptors (Lipinski definition) is 6. The quantitative estimate of drug-likeness (QED) is 0.395. The average molecular weight is 378 g/mol. The second-order valence-corrected chi connectivity index (χ2v) is 8.14. The predicted octanol–water partition coefficient (Wildman–Crippen LogP) is 0.669. The highest BCUT2D eigenvalue weighted by Gasteiger charge is 2.35. The van der Waals surface area contributed by atoms with Crippen molar-refractivity contribution in [3.8, 4) is 0 Å². The molecule has 1 heterocycles. The summed E-state index contributed by atoms with van der Waals surface area (Å²) in [7, 11) is 2.60. The van der Waals surface area contributed by atoms with E-state index in [4.69, 9.17) is 10.2 Å². The van der Waals surface area contributed by atoms with Gasteiger partial charge < -0.3 is 20.4 Å². The fraction of sp³-hybridized carbons (Fsp3) is 0.714. The van der Waals surface area contributed by atoms with Gasteiger partial charge in [0.05, 0.1) is 0 Å². The van der Waals surface area contributed by atoms with E-state index in [1.807, 2.05) is 0 Å². The molecule has 10 heteroatoms. The van der Waals surface area contributed by atoms with Gasteiger partial charge >= 0.3 is 11.9 Å². The molecule has 2 amide bonds. The third-order valence-electron chi connectivity index (χ3n) is 3.55. The molecule has 0 unspecified atom stereocenters. The molecule has 1 aliphatic rings. The summed E-state index contributed by atoms with van der Waals surface area (Å²) in [6, 6.07) is -1.71. The Morgan fingerprint density at radius 2 is 1.83 bits per heavy atom. The van der Waals surface area contributed by atoms with E-state index in [9.17, 15) is 19.2 Å². The van der Waals surface area contributed by atoms with Crippen LogP contribution in [-0.4, -0.2) is 69.0 Å². The van der Waals surface area contributed by atoms with Crippen molar-refractivity contribution in [3.63, 3.8) is 0 Å². The molecule has 0 aromatic rings. The van der Waals surface area contributed by atoms with E-state index in [1.165, 1.54) is 33.4 Å². The molecule has 8 nitrogen and oxygen atoms in total. The first-order chi connectivity index (χ1) is 11.2. The number of carboxylic acid groups (broad SMARTS) is 2. The zero-order valence-corrected chi connectivity index (χ0v) is 15.2. The molecule has 1 aliphatic heterocycles. The highest BCUT2D eigenvalue weighted by molar-refractivity contribution is 8.76. The molecule has 0 aromatic carbocycles. The van der Waals surface area contributed by atoms with Gasteiger partial charge in [-0.15, -0.1) is 0 Å². The maximum absolute atomic E-state index is 12.3. The van der Waals surface area contributed by atoms with Crippen LogP contribution in [0, 0.1) is 5.92 Å². The van der Waals surface area contributed by atoms with Gasteiger partial charge in [0, 0.05) is 30.9 Å². The molecule has 136 valence electrons. The second-order valence-electron chi connectivity index (χ2n) is 5.59. The SMILES string of the molecule is CC(=O)N[C@@H](CSSC[C@@H](C)C(=O)N1CCC[C@H]1C(=O)O)C(=O)O. The Kier molecular flexibility index (Phi) is 8.40. The average Bonchev–Trinajstić information content (AvgIpc) is 2.98. The molecular weight excluding hydrogens is 356 g/mol. The molecule has 0 radical (unpaired) electrons. The fourth-order valence-electron chi connectivity index (χ4n) is 2.33. The van der Waals surface area contributed by atoms with Crippen molar-refractivity contribution in [2.75, 3.05) is 18.1 Å². The van der Waals surface area contributed by atoms with E-state index in [0.717, 1.165) is 0 Å². The topological polar surface area (TPSA) is 124 Å². The van der Waals surface area contributed by atoms with Crippen LogP contribution in [0.3, 0.4) is 0 Å². The highest BCUT2D eigenvalue weighted by Crippen LogP contribution is 2.27. The molecule has 3 N–H and O–H groups in total. The van der Waals surface area contributed by atoms with E-state index in [1.54, 1.807) is 6.92 Å². The summed E-state index contributed by atoms with van der Waals surface area (Å²) in [5, 5.41) is 20.5. The lowest BCUT2D eigenvalue weighted by molar-refractivity contribution is -0.149. The van der Waals surface area contributed by atoms with Crippen LogP contribution in [0.15, 0.2) is 0 Å². The van der Waals surface area contributed by atoms with Crippen molar-refractivity contribution < 1.29 is 29.4 Å². The minimum atomic E-state index is -1.11. The minimum absolute atomic E-state index is 0.182. The maximum Gasteiger partial charge on any atom is 0.327 e. The van der Waals surface area contributed by atoms with Crippen LogP contribution in [-0.2, 0) is 19.2 Å². The number of carboxylic acids is 2. The van der Waals surface area contributed by atoms with Crippen LogP contribution in [0.4, 0.5) is 0 Å². The van der Waals surface area contributed by atoms with Crippen LogP contribution in [0.25, 0.3) is 0 Å². The van der Waals surface area contributed by atoms with Gasteiger partial charge in [0.1, 0.15) is 12.1 Å². The molecular formula is C14H22N2O6S2. The molecule has 1 rings (SSSR count). The lowest BCUT2D eigenvalue weighted by Crippen LogP contribution is -2.43. The van der Waals surface area contributed by atoms with Crippen LogP contribution in [0.5, 0.6) is 0 Å². The summed E-state index contributed by atoms with van der Waals surface area (Å²) in [6.07, 6.45) is 1.17. The first-order valence-electron chi connectivity index (χ1n) is 7.51. The van der Waals surface area contributed by atoms with E-state index < -0.39 is 29.9 Å². The Morgan fingerprint density at radius 3 is 2.38 bits per heavy atom. The normalized spacial score (nSPS) is 19.6.